The molecular formula is C19H29F2N3O2. The van der Waals surface area contributed by atoms with E-state index in [-0.39, 0.29) is 0 Å². The lowest BCUT2D eigenvalue weighted by Gasteiger charge is -2.42. The van der Waals surface area contributed by atoms with E-state index in [0.29, 0.717) is 17.7 Å². The van der Waals surface area contributed by atoms with Crippen molar-refractivity contribution in [2.75, 3.05) is 33.9 Å². The molecule has 0 heterocycles. The molecule has 1 aromatic rings. The molecule has 146 valence electrons. The normalized spacial score (nSPS) is 16.3. The van der Waals surface area contributed by atoms with Gasteiger partial charge in [0.2, 0.25) is 0 Å². The molecule has 0 unspecified atom stereocenters. The number of rotatable bonds is 10. The van der Waals surface area contributed by atoms with E-state index in [1.807, 2.05) is 6.07 Å². The van der Waals surface area contributed by atoms with Crippen LogP contribution in [0.15, 0.2) is 29.3 Å². The van der Waals surface area contributed by atoms with Gasteiger partial charge < -0.3 is 20.1 Å². The average molecular weight is 369 g/mol. The van der Waals surface area contributed by atoms with Crippen LogP contribution in [-0.2, 0) is 11.3 Å². The van der Waals surface area contributed by atoms with Gasteiger partial charge in [0, 0.05) is 33.9 Å². The van der Waals surface area contributed by atoms with Gasteiger partial charge in [-0.15, -0.1) is 0 Å². The first-order valence-corrected chi connectivity index (χ1v) is 9.00. The van der Waals surface area contributed by atoms with Gasteiger partial charge in [-0.3, -0.25) is 4.99 Å². The topological polar surface area (TPSA) is 54.9 Å². The van der Waals surface area contributed by atoms with Crippen LogP contribution in [0.4, 0.5) is 8.78 Å². The molecule has 0 radical (unpaired) electrons. The number of aliphatic imine (C=N–C) groups is 1. The summed E-state index contributed by atoms with van der Waals surface area (Å²) in [5.74, 6) is 1.17. The Hall–Kier alpha value is -1.89. The minimum atomic E-state index is -2.48. The molecule has 1 aliphatic rings. The van der Waals surface area contributed by atoms with E-state index in [1.165, 1.54) is 19.3 Å². The molecule has 0 saturated heterocycles. The molecule has 2 rings (SSSR count). The predicted molar refractivity (Wildman–Crippen MR) is 98.9 cm³/mol. The molecule has 7 heteroatoms. The number of guanidine groups is 1. The Morgan fingerprint density at radius 1 is 1.31 bits per heavy atom. The Labute approximate surface area is 154 Å². The van der Waals surface area contributed by atoms with E-state index in [0.717, 1.165) is 31.1 Å². The van der Waals surface area contributed by atoms with E-state index in [2.05, 4.69) is 15.6 Å². The third-order valence-corrected chi connectivity index (χ3v) is 4.84. The van der Waals surface area contributed by atoms with Crippen molar-refractivity contribution >= 4 is 5.96 Å². The van der Waals surface area contributed by atoms with Crippen molar-refractivity contribution in [1.82, 2.24) is 10.6 Å². The van der Waals surface area contributed by atoms with Gasteiger partial charge in [0.05, 0.1) is 0 Å². The van der Waals surface area contributed by atoms with Crippen LogP contribution in [0.3, 0.4) is 0 Å². The first-order chi connectivity index (χ1) is 12.6. The van der Waals surface area contributed by atoms with Gasteiger partial charge in [-0.05, 0) is 42.4 Å². The summed E-state index contributed by atoms with van der Waals surface area (Å²) in [6.45, 7) is 1.59. The largest absolute Gasteiger partial charge is 0.488 e. The van der Waals surface area contributed by atoms with Crippen LogP contribution in [0.25, 0.3) is 0 Å². The smallest absolute Gasteiger partial charge is 0.272 e. The van der Waals surface area contributed by atoms with E-state index in [9.17, 15) is 8.78 Å². The molecule has 26 heavy (non-hydrogen) atoms. The molecule has 1 aliphatic carbocycles. The van der Waals surface area contributed by atoms with Crippen molar-refractivity contribution in [2.24, 2.45) is 10.4 Å². The second-order valence-electron chi connectivity index (χ2n) is 6.73. The molecule has 2 N–H and O–H groups in total. The number of benzene rings is 1. The second-order valence-corrected chi connectivity index (χ2v) is 6.73. The SMILES string of the molecule is CN=C(NCc1cccc(OCC(F)F)c1)NCC1(CCOC)CCC1. The standard InChI is InChI=1S/C19H29F2N3O2/c1-22-18(24-14-19(7-4-8-19)9-10-25-2)23-12-15-5-3-6-16(11-15)26-13-17(20)21/h3,5-6,11,17H,4,7-10,12-14H2,1-2H3,(H2,22,23,24). The van der Waals surface area contributed by atoms with Gasteiger partial charge in [0.1, 0.15) is 12.4 Å². The highest BCUT2D eigenvalue weighted by Gasteiger charge is 2.36. The van der Waals surface area contributed by atoms with Gasteiger partial charge in [-0.2, -0.15) is 0 Å². The Morgan fingerprint density at radius 2 is 2.12 bits per heavy atom. The van der Waals surface area contributed by atoms with Crippen LogP contribution < -0.4 is 15.4 Å². The van der Waals surface area contributed by atoms with Crippen molar-refractivity contribution in [2.45, 2.75) is 38.7 Å². The number of nitrogens with one attached hydrogen (secondary N) is 2. The number of alkyl halides is 2. The molecule has 1 saturated carbocycles. The molecule has 0 bridgehead atoms. The minimum absolute atomic E-state index is 0.302. The van der Waals surface area contributed by atoms with E-state index in [4.69, 9.17) is 9.47 Å². The molecule has 5 nitrogen and oxygen atoms in total. The van der Waals surface area contributed by atoms with Crippen molar-refractivity contribution in [3.63, 3.8) is 0 Å². The summed E-state index contributed by atoms with van der Waals surface area (Å²) in [5.41, 5.74) is 1.24. The highest BCUT2D eigenvalue weighted by molar-refractivity contribution is 5.79. The lowest BCUT2D eigenvalue weighted by atomic mass is 9.67. The van der Waals surface area contributed by atoms with Crippen LogP contribution >= 0.6 is 0 Å². The predicted octanol–water partition coefficient (Wildman–Crippen LogP) is 3.20. The Bertz CT molecular complexity index is 578. The second kappa shape index (κ2) is 10.3. The molecule has 0 aromatic heterocycles. The third-order valence-electron chi connectivity index (χ3n) is 4.84. The molecule has 1 aromatic carbocycles. The van der Waals surface area contributed by atoms with E-state index >= 15 is 0 Å². The number of halogens is 2. The summed E-state index contributed by atoms with van der Waals surface area (Å²) in [6, 6.07) is 7.15. The van der Waals surface area contributed by atoms with Crippen molar-refractivity contribution in [1.29, 1.82) is 0 Å². The molecule has 0 aliphatic heterocycles. The van der Waals surface area contributed by atoms with Crippen LogP contribution in [0.5, 0.6) is 5.75 Å². The van der Waals surface area contributed by atoms with Gasteiger partial charge in [-0.25, -0.2) is 8.78 Å². The molecule has 0 amide bonds. The van der Waals surface area contributed by atoms with Crippen molar-refractivity contribution in [3.8, 4) is 5.75 Å². The quantitative estimate of drug-likeness (QED) is 0.491. The number of nitrogens with zero attached hydrogens (tertiary/aromatic N) is 1. The molecular weight excluding hydrogens is 340 g/mol. The van der Waals surface area contributed by atoms with Crippen molar-refractivity contribution in [3.05, 3.63) is 29.8 Å². The first-order valence-electron chi connectivity index (χ1n) is 9.00. The van der Waals surface area contributed by atoms with Gasteiger partial charge in [0.15, 0.2) is 5.96 Å². The van der Waals surface area contributed by atoms with Gasteiger partial charge in [-0.1, -0.05) is 18.6 Å². The fourth-order valence-corrected chi connectivity index (χ4v) is 3.09. The zero-order valence-corrected chi connectivity index (χ0v) is 15.6. The Balaban J connectivity index is 1.80. The number of ether oxygens (including phenoxy) is 2. The number of methoxy groups -OCH3 is 1. The average Bonchev–Trinajstić information content (AvgIpc) is 2.61. The summed E-state index contributed by atoms with van der Waals surface area (Å²) in [7, 11) is 3.47. The maximum atomic E-state index is 12.2. The third kappa shape index (κ3) is 6.44. The fourth-order valence-electron chi connectivity index (χ4n) is 3.09. The highest BCUT2D eigenvalue weighted by atomic mass is 19.3. The van der Waals surface area contributed by atoms with E-state index in [1.54, 1.807) is 32.4 Å². The summed E-state index contributed by atoms with van der Waals surface area (Å²) in [4.78, 5) is 4.26. The minimum Gasteiger partial charge on any atom is -0.488 e. The Kier molecular flexibility index (Phi) is 8.09. The highest BCUT2D eigenvalue weighted by Crippen LogP contribution is 2.43. The summed E-state index contributed by atoms with van der Waals surface area (Å²) in [5, 5.41) is 6.66. The maximum absolute atomic E-state index is 12.2. The molecule has 0 spiro atoms. The fraction of sp³-hybridized carbons (Fsp3) is 0.632. The molecule has 1 fully saturated rings. The zero-order chi connectivity index (χ0) is 18.8. The number of hydrogen-bond acceptors (Lipinski definition) is 3. The van der Waals surface area contributed by atoms with Crippen LogP contribution in [0.2, 0.25) is 0 Å². The zero-order valence-electron chi connectivity index (χ0n) is 15.6. The van der Waals surface area contributed by atoms with Crippen LogP contribution in [-0.4, -0.2) is 46.3 Å². The van der Waals surface area contributed by atoms with Gasteiger partial charge in [0.25, 0.3) is 6.43 Å². The molecule has 0 atom stereocenters. The summed E-state index contributed by atoms with van der Waals surface area (Å²) in [6.07, 6.45) is 2.27. The van der Waals surface area contributed by atoms with Gasteiger partial charge >= 0.3 is 0 Å². The number of hydrogen-bond donors (Lipinski definition) is 2. The lowest BCUT2D eigenvalue weighted by molar-refractivity contribution is 0.0732. The Morgan fingerprint density at radius 3 is 2.73 bits per heavy atom. The van der Waals surface area contributed by atoms with Crippen LogP contribution in [0, 0.1) is 5.41 Å². The van der Waals surface area contributed by atoms with Crippen molar-refractivity contribution < 1.29 is 18.3 Å². The van der Waals surface area contributed by atoms with E-state index < -0.39 is 13.0 Å². The summed E-state index contributed by atoms with van der Waals surface area (Å²) >= 11 is 0. The monoisotopic (exact) mass is 369 g/mol. The maximum Gasteiger partial charge on any atom is 0.272 e. The van der Waals surface area contributed by atoms with Crippen LogP contribution in [0.1, 0.15) is 31.2 Å². The summed E-state index contributed by atoms with van der Waals surface area (Å²) < 4.78 is 34.8. The first kappa shape index (κ1) is 20.4. The lowest BCUT2D eigenvalue weighted by Crippen LogP contribution is -2.46.